The van der Waals surface area contributed by atoms with Crippen molar-refractivity contribution in [2.45, 2.75) is 37.8 Å². The highest BCUT2D eigenvalue weighted by Gasteiger charge is 2.45. The Morgan fingerprint density at radius 2 is 2.21 bits per heavy atom. The fraction of sp³-hybridized carbons (Fsp3) is 0.400. The van der Waals surface area contributed by atoms with Gasteiger partial charge in [-0.15, -0.1) is 0 Å². The normalized spacial score (nSPS) is 28.0. The minimum Gasteiger partial charge on any atom is -0.444 e. The molecule has 0 bridgehead atoms. The molecule has 8 heteroatoms. The van der Waals surface area contributed by atoms with Crippen molar-refractivity contribution in [2.24, 2.45) is 11.8 Å². The molecule has 1 aromatic carbocycles. The van der Waals surface area contributed by atoms with Crippen molar-refractivity contribution in [3.05, 3.63) is 24.4 Å². The van der Waals surface area contributed by atoms with Crippen LogP contribution in [0, 0.1) is 23.2 Å². The second-order valence-electron chi connectivity index (χ2n) is 7.68. The van der Waals surface area contributed by atoms with E-state index >= 15 is 0 Å². The Morgan fingerprint density at radius 1 is 1.36 bits per heavy atom. The van der Waals surface area contributed by atoms with Crippen LogP contribution >= 0.6 is 0 Å². The lowest BCUT2D eigenvalue weighted by Crippen LogP contribution is -2.33. The van der Waals surface area contributed by atoms with Crippen molar-refractivity contribution in [1.82, 2.24) is 4.98 Å². The number of nitrogen functional groups attached to an aromatic ring is 1. The summed E-state index contributed by atoms with van der Waals surface area (Å²) >= 11 is 0. The van der Waals surface area contributed by atoms with Crippen molar-refractivity contribution < 1.29 is 14.3 Å². The van der Waals surface area contributed by atoms with E-state index in [4.69, 9.17) is 15.7 Å². The predicted molar refractivity (Wildman–Crippen MR) is 102 cm³/mol. The van der Waals surface area contributed by atoms with Crippen molar-refractivity contribution >= 4 is 40.0 Å². The van der Waals surface area contributed by atoms with Crippen LogP contribution in [0.1, 0.15) is 25.7 Å². The van der Waals surface area contributed by atoms with Crippen LogP contribution in [0.25, 0.3) is 10.8 Å². The third-order valence-corrected chi connectivity index (χ3v) is 5.87. The Balaban J connectivity index is 1.46. The van der Waals surface area contributed by atoms with Crippen LogP contribution in [0.5, 0.6) is 0 Å². The Morgan fingerprint density at radius 3 is 3.00 bits per heavy atom. The smallest absolute Gasteiger partial charge is 0.415 e. The predicted octanol–water partition coefficient (Wildman–Crippen LogP) is 2.79. The molecule has 2 aliphatic carbocycles. The zero-order chi connectivity index (χ0) is 19.4. The second-order valence-corrected chi connectivity index (χ2v) is 7.68. The van der Waals surface area contributed by atoms with Gasteiger partial charge in [0.1, 0.15) is 11.9 Å². The molecule has 1 aliphatic heterocycles. The molecule has 3 unspecified atom stereocenters. The number of amides is 2. The number of carbonyl (C=O) groups excluding carboxylic acids is 2. The molecular formula is C20H19N5O3. The first-order valence-corrected chi connectivity index (χ1v) is 9.45. The van der Waals surface area contributed by atoms with Gasteiger partial charge in [0.15, 0.2) is 0 Å². The fourth-order valence-electron chi connectivity index (χ4n) is 4.28. The van der Waals surface area contributed by atoms with Gasteiger partial charge in [-0.25, -0.2) is 9.78 Å². The highest BCUT2D eigenvalue weighted by Crippen LogP contribution is 2.40. The number of hydrogen-bond donors (Lipinski definition) is 2. The molecular weight excluding hydrogens is 358 g/mol. The van der Waals surface area contributed by atoms with Gasteiger partial charge in [-0.05, 0) is 49.3 Å². The SMILES string of the molecule is N#CC1C[C@H]1C(=O)Nc1cc2cc(N3C(=O)OC4CCCC43)cc(N)c2cn1. The third kappa shape index (κ3) is 2.62. The number of rotatable bonds is 3. The summed E-state index contributed by atoms with van der Waals surface area (Å²) in [4.78, 5) is 30.5. The lowest BCUT2D eigenvalue weighted by Gasteiger charge is -2.21. The van der Waals surface area contributed by atoms with Crippen molar-refractivity contribution in [2.75, 3.05) is 16.0 Å². The third-order valence-electron chi connectivity index (χ3n) is 5.87. The average Bonchev–Trinajstić information content (AvgIpc) is 3.23. The maximum Gasteiger partial charge on any atom is 0.415 e. The zero-order valence-electron chi connectivity index (χ0n) is 15.1. The van der Waals surface area contributed by atoms with Crippen LogP contribution < -0.4 is 16.0 Å². The Kier molecular flexibility index (Phi) is 3.66. The van der Waals surface area contributed by atoms with E-state index in [9.17, 15) is 9.59 Å². The Bertz CT molecular complexity index is 1050. The second kappa shape index (κ2) is 6.09. The minimum atomic E-state index is -0.340. The largest absolute Gasteiger partial charge is 0.444 e. The number of hydrogen-bond acceptors (Lipinski definition) is 6. The fourth-order valence-corrected chi connectivity index (χ4v) is 4.28. The van der Waals surface area contributed by atoms with E-state index in [2.05, 4.69) is 16.4 Å². The summed E-state index contributed by atoms with van der Waals surface area (Å²) in [5.41, 5.74) is 7.42. The van der Waals surface area contributed by atoms with E-state index < -0.39 is 0 Å². The van der Waals surface area contributed by atoms with Crippen LogP contribution in [0.15, 0.2) is 24.4 Å². The molecule has 0 radical (unpaired) electrons. The lowest BCUT2D eigenvalue weighted by molar-refractivity contribution is -0.117. The van der Waals surface area contributed by atoms with Crippen LogP contribution in [0.4, 0.5) is 22.0 Å². The number of carbonyl (C=O) groups is 2. The van der Waals surface area contributed by atoms with Crippen LogP contribution in [-0.4, -0.2) is 29.1 Å². The molecule has 0 spiro atoms. The van der Waals surface area contributed by atoms with Crippen LogP contribution in [0.2, 0.25) is 0 Å². The first-order chi connectivity index (χ1) is 13.5. The van der Waals surface area contributed by atoms with Gasteiger partial charge >= 0.3 is 6.09 Å². The highest BCUT2D eigenvalue weighted by molar-refractivity contribution is 6.02. The number of fused-ring (bicyclic) bond motifs is 2. The first-order valence-electron chi connectivity index (χ1n) is 9.45. The summed E-state index contributed by atoms with van der Waals surface area (Å²) in [5, 5.41) is 13.2. The number of pyridine rings is 1. The zero-order valence-corrected chi connectivity index (χ0v) is 15.1. The molecule has 3 N–H and O–H groups in total. The first kappa shape index (κ1) is 16.8. The number of nitrogens with one attached hydrogen (secondary N) is 1. The molecule has 2 aromatic rings. The van der Waals surface area contributed by atoms with Gasteiger partial charge in [0, 0.05) is 17.3 Å². The van der Waals surface area contributed by atoms with Gasteiger partial charge < -0.3 is 15.8 Å². The quantitative estimate of drug-likeness (QED) is 0.793. The number of nitriles is 1. The summed E-state index contributed by atoms with van der Waals surface area (Å²) in [6.45, 7) is 0. The van der Waals surface area contributed by atoms with Gasteiger partial charge in [-0.1, -0.05) is 0 Å². The van der Waals surface area contributed by atoms with Gasteiger partial charge in [-0.2, -0.15) is 5.26 Å². The van der Waals surface area contributed by atoms with Gasteiger partial charge in [0.05, 0.1) is 29.6 Å². The van der Waals surface area contributed by atoms with Gasteiger partial charge in [0.25, 0.3) is 0 Å². The highest BCUT2D eigenvalue weighted by atomic mass is 16.6. The summed E-state index contributed by atoms with van der Waals surface area (Å²) in [6, 6.07) is 7.54. The summed E-state index contributed by atoms with van der Waals surface area (Å²) < 4.78 is 5.49. The summed E-state index contributed by atoms with van der Waals surface area (Å²) in [7, 11) is 0. The van der Waals surface area contributed by atoms with Crippen molar-refractivity contribution in [3.8, 4) is 6.07 Å². The molecule has 5 rings (SSSR count). The van der Waals surface area contributed by atoms with Crippen LogP contribution in [-0.2, 0) is 9.53 Å². The van der Waals surface area contributed by atoms with Crippen molar-refractivity contribution in [1.29, 1.82) is 5.26 Å². The number of anilines is 3. The summed E-state index contributed by atoms with van der Waals surface area (Å²) in [5.74, 6) is -0.263. The van der Waals surface area contributed by atoms with E-state index in [1.54, 1.807) is 23.2 Å². The van der Waals surface area contributed by atoms with Gasteiger partial charge in [-0.3, -0.25) is 9.69 Å². The topological polar surface area (TPSA) is 121 Å². The molecule has 3 fully saturated rings. The average molecular weight is 377 g/mol. The van der Waals surface area contributed by atoms with Crippen LogP contribution in [0.3, 0.4) is 0 Å². The molecule has 4 atom stereocenters. The number of nitrogens with two attached hydrogens (primary N) is 1. The molecule has 1 saturated heterocycles. The van der Waals surface area contributed by atoms with E-state index in [0.29, 0.717) is 23.6 Å². The number of nitrogens with zero attached hydrogens (tertiary/aromatic N) is 3. The van der Waals surface area contributed by atoms with E-state index in [-0.39, 0.29) is 36.0 Å². The van der Waals surface area contributed by atoms with Crippen molar-refractivity contribution in [3.63, 3.8) is 0 Å². The summed E-state index contributed by atoms with van der Waals surface area (Å²) in [6.07, 6.45) is 4.64. The molecule has 2 saturated carbocycles. The maximum atomic E-state index is 12.4. The maximum absolute atomic E-state index is 12.4. The molecule has 2 amide bonds. The number of aromatic nitrogens is 1. The molecule has 28 heavy (non-hydrogen) atoms. The number of ether oxygens (including phenoxy) is 1. The lowest BCUT2D eigenvalue weighted by atomic mass is 10.1. The molecule has 2 heterocycles. The standard InChI is InChI=1S/C20H19N5O3/c21-8-11-5-13(11)19(26)24-18-6-10-4-12(7-15(22)14(10)9-23-18)25-16-2-1-3-17(16)28-20(25)27/h4,6-7,9,11,13,16-17H,1-3,5,22H2,(H,23,24,26)/t11?,13-,16?,17?/m1/s1. The van der Waals surface area contributed by atoms with E-state index in [0.717, 1.165) is 30.0 Å². The monoisotopic (exact) mass is 377 g/mol. The Labute approximate surface area is 161 Å². The molecule has 142 valence electrons. The molecule has 3 aliphatic rings. The molecule has 1 aromatic heterocycles. The van der Waals surface area contributed by atoms with E-state index in [1.165, 1.54) is 0 Å². The molecule has 8 nitrogen and oxygen atoms in total. The minimum absolute atomic E-state index is 0.0446. The Hall–Kier alpha value is -3.34. The van der Waals surface area contributed by atoms with E-state index in [1.807, 2.05) is 6.07 Å². The number of benzene rings is 1. The van der Waals surface area contributed by atoms with Gasteiger partial charge in [0.2, 0.25) is 5.91 Å².